The second kappa shape index (κ2) is 5.93. The zero-order chi connectivity index (χ0) is 12.1. The molecule has 0 saturated heterocycles. The van der Waals surface area contributed by atoms with Gasteiger partial charge < -0.3 is 4.90 Å². The summed E-state index contributed by atoms with van der Waals surface area (Å²) < 4.78 is 0. The molecule has 0 saturated carbocycles. The van der Waals surface area contributed by atoms with Crippen LogP contribution in [-0.2, 0) is 0 Å². The molecule has 0 bridgehead atoms. The summed E-state index contributed by atoms with van der Waals surface area (Å²) in [5.41, 5.74) is 2.71. The summed E-state index contributed by atoms with van der Waals surface area (Å²) in [5.74, 6) is 1.42. The van der Waals surface area contributed by atoms with Crippen LogP contribution in [0, 0.1) is 18.8 Å². The number of hydrogen-bond acceptors (Lipinski definition) is 1. The topological polar surface area (TPSA) is 3.24 Å². The van der Waals surface area contributed by atoms with Crippen molar-refractivity contribution < 1.29 is 0 Å². The van der Waals surface area contributed by atoms with Crippen molar-refractivity contribution >= 4 is 5.69 Å². The molecule has 90 valence electrons. The van der Waals surface area contributed by atoms with E-state index < -0.39 is 0 Å². The maximum absolute atomic E-state index is 2.50. The highest BCUT2D eigenvalue weighted by Gasteiger charge is 2.10. The molecule has 0 radical (unpaired) electrons. The molecule has 1 aromatic rings. The van der Waals surface area contributed by atoms with E-state index in [9.17, 15) is 0 Å². The van der Waals surface area contributed by atoms with E-state index in [0.29, 0.717) is 11.8 Å². The van der Waals surface area contributed by atoms with Gasteiger partial charge in [-0.3, -0.25) is 0 Å². The summed E-state index contributed by atoms with van der Waals surface area (Å²) in [5, 5.41) is 0. The van der Waals surface area contributed by atoms with E-state index >= 15 is 0 Å². The standard InChI is InChI=1S/C15H25N/c1-12(2)10-16(11-13(3)4)15-8-6-7-14(5)9-15/h6-9,12-13H,10-11H2,1-5H3. The predicted octanol–water partition coefficient (Wildman–Crippen LogP) is 4.11. The van der Waals surface area contributed by atoms with Crippen LogP contribution in [0.2, 0.25) is 0 Å². The molecule has 0 spiro atoms. The van der Waals surface area contributed by atoms with Crippen LogP contribution in [0.25, 0.3) is 0 Å². The average Bonchev–Trinajstić information content (AvgIpc) is 2.15. The molecule has 1 aromatic carbocycles. The zero-order valence-corrected chi connectivity index (χ0v) is 11.3. The molecular weight excluding hydrogens is 194 g/mol. The summed E-state index contributed by atoms with van der Waals surface area (Å²) in [7, 11) is 0. The molecular formula is C15H25N. The van der Waals surface area contributed by atoms with Gasteiger partial charge in [0.2, 0.25) is 0 Å². The largest absolute Gasteiger partial charge is 0.371 e. The predicted molar refractivity (Wildman–Crippen MR) is 73.1 cm³/mol. The maximum atomic E-state index is 2.50. The van der Waals surface area contributed by atoms with Crippen LogP contribution in [0.1, 0.15) is 33.3 Å². The third-order valence-corrected chi connectivity index (χ3v) is 2.54. The van der Waals surface area contributed by atoms with Crippen LogP contribution >= 0.6 is 0 Å². The minimum atomic E-state index is 0.708. The summed E-state index contributed by atoms with van der Waals surface area (Å²) in [6.07, 6.45) is 0. The third-order valence-electron chi connectivity index (χ3n) is 2.54. The molecule has 0 amide bonds. The molecule has 0 aromatic heterocycles. The first-order chi connectivity index (χ1) is 7.49. The van der Waals surface area contributed by atoms with Crippen molar-refractivity contribution in [3.8, 4) is 0 Å². The first-order valence-corrected chi connectivity index (χ1v) is 6.30. The Morgan fingerprint density at radius 1 is 1.00 bits per heavy atom. The minimum absolute atomic E-state index is 0.708. The summed E-state index contributed by atoms with van der Waals surface area (Å²) in [6.45, 7) is 13.6. The Balaban J connectivity index is 2.82. The van der Waals surface area contributed by atoms with Gasteiger partial charge in [0.15, 0.2) is 0 Å². The number of aryl methyl sites for hydroxylation is 1. The van der Waals surface area contributed by atoms with Gasteiger partial charge in [-0.05, 0) is 36.5 Å². The lowest BCUT2D eigenvalue weighted by Crippen LogP contribution is -2.31. The molecule has 16 heavy (non-hydrogen) atoms. The molecule has 0 aliphatic carbocycles. The minimum Gasteiger partial charge on any atom is -0.371 e. The summed E-state index contributed by atoms with van der Waals surface area (Å²) in [4.78, 5) is 2.50. The van der Waals surface area contributed by atoms with Gasteiger partial charge in [0, 0.05) is 18.8 Å². The fourth-order valence-corrected chi connectivity index (χ4v) is 1.99. The maximum Gasteiger partial charge on any atom is 0.0369 e. The Kier molecular flexibility index (Phi) is 4.85. The van der Waals surface area contributed by atoms with E-state index in [1.165, 1.54) is 11.3 Å². The molecule has 0 atom stereocenters. The van der Waals surface area contributed by atoms with Gasteiger partial charge in [-0.25, -0.2) is 0 Å². The Morgan fingerprint density at radius 3 is 2.00 bits per heavy atom. The van der Waals surface area contributed by atoms with Crippen molar-refractivity contribution in [2.75, 3.05) is 18.0 Å². The van der Waals surface area contributed by atoms with Crippen molar-refractivity contribution in [3.63, 3.8) is 0 Å². The Labute approximate surface area is 100 Å². The molecule has 0 N–H and O–H groups in total. The monoisotopic (exact) mass is 219 g/mol. The van der Waals surface area contributed by atoms with E-state index in [0.717, 1.165) is 13.1 Å². The number of rotatable bonds is 5. The second-order valence-electron chi connectivity index (χ2n) is 5.53. The highest BCUT2D eigenvalue weighted by atomic mass is 15.1. The Bertz CT molecular complexity index is 305. The van der Waals surface area contributed by atoms with Gasteiger partial charge in [-0.1, -0.05) is 39.8 Å². The van der Waals surface area contributed by atoms with Crippen LogP contribution in [0.4, 0.5) is 5.69 Å². The van der Waals surface area contributed by atoms with E-state index in [2.05, 4.69) is 63.8 Å². The lowest BCUT2D eigenvalue weighted by atomic mass is 10.1. The van der Waals surface area contributed by atoms with Crippen LogP contribution < -0.4 is 4.90 Å². The Morgan fingerprint density at radius 2 is 1.56 bits per heavy atom. The van der Waals surface area contributed by atoms with Gasteiger partial charge >= 0.3 is 0 Å². The zero-order valence-electron chi connectivity index (χ0n) is 11.3. The van der Waals surface area contributed by atoms with Gasteiger partial charge in [0.1, 0.15) is 0 Å². The van der Waals surface area contributed by atoms with Crippen molar-refractivity contribution in [3.05, 3.63) is 29.8 Å². The second-order valence-corrected chi connectivity index (χ2v) is 5.53. The van der Waals surface area contributed by atoms with Gasteiger partial charge in [0.25, 0.3) is 0 Å². The average molecular weight is 219 g/mol. The normalized spacial score (nSPS) is 11.2. The first kappa shape index (κ1) is 13.1. The number of benzene rings is 1. The third kappa shape index (κ3) is 4.26. The molecule has 0 heterocycles. The Hall–Kier alpha value is -0.980. The van der Waals surface area contributed by atoms with Gasteiger partial charge in [-0.2, -0.15) is 0 Å². The van der Waals surface area contributed by atoms with Crippen LogP contribution in [0.5, 0.6) is 0 Å². The smallest absolute Gasteiger partial charge is 0.0369 e. The summed E-state index contributed by atoms with van der Waals surface area (Å²) >= 11 is 0. The van der Waals surface area contributed by atoms with Crippen molar-refractivity contribution in [2.45, 2.75) is 34.6 Å². The molecule has 1 heteroatoms. The van der Waals surface area contributed by atoms with Crippen molar-refractivity contribution in [1.82, 2.24) is 0 Å². The molecule has 0 unspecified atom stereocenters. The highest BCUT2D eigenvalue weighted by molar-refractivity contribution is 5.48. The van der Waals surface area contributed by atoms with E-state index in [4.69, 9.17) is 0 Å². The van der Waals surface area contributed by atoms with Crippen molar-refractivity contribution in [2.24, 2.45) is 11.8 Å². The van der Waals surface area contributed by atoms with Gasteiger partial charge in [-0.15, -0.1) is 0 Å². The summed E-state index contributed by atoms with van der Waals surface area (Å²) in [6, 6.07) is 8.81. The molecule has 1 rings (SSSR count). The number of anilines is 1. The first-order valence-electron chi connectivity index (χ1n) is 6.30. The van der Waals surface area contributed by atoms with Crippen LogP contribution in [0.15, 0.2) is 24.3 Å². The van der Waals surface area contributed by atoms with E-state index in [1.54, 1.807) is 0 Å². The van der Waals surface area contributed by atoms with Crippen LogP contribution in [0.3, 0.4) is 0 Å². The molecule has 0 fully saturated rings. The fourth-order valence-electron chi connectivity index (χ4n) is 1.99. The quantitative estimate of drug-likeness (QED) is 0.720. The van der Waals surface area contributed by atoms with Gasteiger partial charge in [0.05, 0.1) is 0 Å². The van der Waals surface area contributed by atoms with E-state index in [1.807, 2.05) is 0 Å². The van der Waals surface area contributed by atoms with E-state index in [-0.39, 0.29) is 0 Å². The molecule has 1 nitrogen and oxygen atoms in total. The fraction of sp³-hybridized carbons (Fsp3) is 0.600. The van der Waals surface area contributed by atoms with Crippen molar-refractivity contribution in [1.29, 1.82) is 0 Å². The number of hydrogen-bond donors (Lipinski definition) is 0. The number of nitrogens with zero attached hydrogens (tertiary/aromatic N) is 1. The highest BCUT2D eigenvalue weighted by Crippen LogP contribution is 2.18. The SMILES string of the molecule is Cc1cccc(N(CC(C)C)CC(C)C)c1. The van der Waals surface area contributed by atoms with Crippen LogP contribution in [-0.4, -0.2) is 13.1 Å². The lowest BCUT2D eigenvalue weighted by Gasteiger charge is -2.28. The lowest BCUT2D eigenvalue weighted by molar-refractivity contribution is 0.552. The molecule has 0 aliphatic heterocycles. The molecule has 0 aliphatic rings.